The Hall–Kier alpha value is -2.63. The zero-order chi connectivity index (χ0) is 18.9. The molecule has 0 unspecified atom stereocenters. The summed E-state index contributed by atoms with van der Waals surface area (Å²) in [6.45, 7) is 9.13. The number of nitrogens with zero attached hydrogens (tertiary/aromatic N) is 2. The number of nitrogens with one attached hydrogen (secondary N) is 1. The van der Waals surface area contributed by atoms with Gasteiger partial charge in [0.15, 0.2) is 11.5 Å². The van der Waals surface area contributed by atoms with Crippen molar-refractivity contribution in [1.29, 1.82) is 0 Å². The fraction of sp³-hybridized carbons (Fsp3) is 0.450. The SMILES string of the molecule is CCCOc1ccc([C@H](C)NC(=O)c2cnc(C)cn2)cc1OCCC. The van der Waals surface area contributed by atoms with Crippen LogP contribution in [-0.2, 0) is 0 Å². The van der Waals surface area contributed by atoms with Gasteiger partial charge in [0, 0.05) is 6.20 Å². The molecule has 1 amide bonds. The lowest BCUT2D eigenvalue weighted by atomic mass is 10.1. The van der Waals surface area contributed by atoms with Gasteiger partial charge >= 0.3 is 0 Å². The number of benzene rings is 1. The summed E-state index contributed by atoms with van der Waals surface area (Å²) in [5.74, 6) is 1.17. The molecule has 1 atom stereocenters. The minimum absolute atomic E-state index is 0.199. The molecule has 6 heteroatoms. The number of carbonyl (C=O) groups excluding carboxylic acids is 1. The molecule has 1 N–H and O–H groups in total. The highest BCUT2D eigenvalue weighted by molar-refractivity contribution is 5.92. The molecule has 1 heterocycles. The van der Waals surface area contributed by atoms with Crippen molar-refractivity contribution < 1.29 is 14.3 Å². The van der Waals surface area contributed by atoms with Gasteiger partial charge in [-0.1, -0.05) is 19.9 Å². The van der Waals surface area contributed by atoms with E-state index in [-0.39, 0.29) is 11.9 Å². The molecule has 0 fully saturated rings. The predicted octanol–water partition coefficient (Wildman–Crippen LogP) is 3.85. The van der Waals surface area contributed by atoms with Crippen molar-refractivity contribution in [3.05, 3.63) is 47.5 Å². The third-order valence-electron chi connectivity index (χ3n) is 3.75. The van der Waals surface area contributed by atoms with Crippen molar-refractivity contribution >= 4 is 5.91 Å². The highest BCUT2D eigenvalue weighted by atomic mass is 16.5. The molecule has 0 aliphatic heterocycles. The first-order valence-electron chi connectivity index (χ1n) is 9.04. The first-order valence-corrected chi connectivity index (χ1v) is 9.04. The normalized spacial score (nSPS) is 11.7. The van der Waals surface area contributed by atoms with Gasteiger partial charge in [-0.15, -0.1) is 0 Å². The monoisotopic (exact) mass is 357 g/mol. The summed E-state index contributed by atoms with van der Waals surface area (Å²) in [5.41, 5.74) is 2.01. The largest absolute Gasteiger partial charge is 0.490 e. The van der Waals surface area contributed by atoms with E-state index in [4.69, 9.17) is 9.47 Å². The molecule has 0 aliphatic carbocycles. The summed E-state index contributed by atoms with van der Waals surface area (Å²) in [7, 11) is 0. The standard InChI is InChI=1S/C20H27N3O3/c1-5-9-25-18-8-7-16(11-19(18)26-10-6-2)15(4)23-20(24)17-13-21-14(3)12-22-17/h7-8,11-13,15H,5-6,9-10H2,1-4H3,(H,23,24)/t15-/m0/s1. The average molecular weight is 357 g/mol. The van der Waals surface area contributed by atoms with E-state index in [2.05, 4.69) is 29.1 Å². The number of aryl methyl sites for hydroxylation is 1. The highest BCUT2D eigenvalue weighted by Crippen LogP contribution is 2.31. The Morgan fingerprint density at radius 2 is 1.77 bits per heavy atom. The third kappa shape index (κ3) is 5.44. The number of hydrogen-bond acceptors (Lipinski definition) is 5. The van der Waals surface area contributed by atoms with Crippen molar-refractivity contribution in [2.75, 3.05) is 13.2 Å². The minimum atomic E-state index is -0.257. The zero-order valence-electron chi connectivity index (χ0n) is 15.9. The van der Waals surface area contributed by atoms with Gasteiger partial charge in [-0.2, -0.15) is 0 Å². The molecule has 140 valence electrons. The Bertz CT molecular complexity index is 717. The molecule has 0 bridgehead atoms. The van der Waals surface area contributed by atoms with Gasteiger partial charge in [0.2, 0.25) is 0 Å². The Morgan fingerprint density at radius 1 is 1.08 bits per heavy atom. The van der Waals surface area contributed by atoms with Gasteiger partial charge in [0.05, 0.1) is 31.1 Å². The quantitative estimate of drug-likeness (QED) is 0.738. The maximum Gasteiger partial charge on any atom is 0.271 e. The van der Waals surface area contributed by atoms with E-state index < -0.39 is 0 Å². The van der Waals surface area contributed by atoms with Crippen LogP contribution in [0.1, 0.15) is 61.4 Å². The summed E-state index contributed by atoms with van der Waals surface area (Å²) in [4.78, 5) is 20.6. The topological polar surface area (TPSA) is 73.3 Å². The number of amides is 1. The van der Waals surface area contributed by atoms with Crippen LogP contribution in [-0.4, -0.2) is 29.1 Å². The van der Waals surface area contributed by atoms with E-state index in [9.17, 15) is 4.79 Å². The molecule has 6 nitrogen and oxygen atoms in total. The lowest BCUT2D eigenvalue weighted by Gasteiger charge is -2.18. The molecule has 0 spiro atoms. The highest BCUT2D eigenvalue weighted by Gasteiger charge is 2.15. The van der Waals surface area contributed by atoms with Gasteiger partial charge in [0.25, 0.3) is 5.91 Å². The average Bonchev–Trinajstić information content (AvgIpc) is 2.65. The Kier molecular flexibility index (Phi) is 7.38. The molecule has 2 aromatic rings. The van der Waals surface area contributed by atoms with Crippen LogP contribution in [0.4, 0.5) is 0 Å². The lowest BCUT2D eigenvalue weighted by molar-refractivity contribution is 0.0934. The maximum absolute atomic E-state index is 12.3. The molecule has 0 aliphatic rings. The van der Waals surface area contributed by atoms with Gasteiger partial charge in [-0.25, -0.2) is 4.98 Å². The van der Waals surface area contributed by atoms with Crippen LogP contribution in [0.15, 0.2) is 30.6 Å². The van der Waals surface area contributed by atoms with E-state index >= 15 is 0 Å². The van der Waals surface area contributed by atoms with E-state index in [1.165, 1.54) is 6.20 Å². The van der Waals surface area contributed by atoms with Crippen LogP contribution in [0.3, 0.4) is 0 Å². The second-order valence-electron chi connectivity index (χ2n) is 6.14. The van der Waals surface area contributed by atoms with Crippen molar-refractivity contribution in [2.24, 2.45) is 0 Å². The number of carbonyl (C=O) groups is 1. The van der Waals surface area contributed by atoms with Crippen molar-refractivity contribution in [3.63, 3.8) is 0 Å². The number of aromatic nitrogens is 2. The molecular weight excluding hydrogens is 330 g/mol. The smallest absolute Gasteiger partial charge is 0.271 e. The Labute approximate surface area is 155 Å². The maximum atomic E-state index is 12.3. The van der Waals surface area contributed by atoms with E-state index in [1.807, 2.05) is 32.0 Å². The van der Waals surface area contributed by atoms with Crippen LogP contribution in [0.25, 0.3) is 0 Å². The Balaban J connectivity index is 2.12. The summed E-state index contributed by atoms with van der Waals surface area (Å²) >= 11 is 0. The minimum Gasteiger partial charge on any atom is -0.490 e. The summed E-state index contributed by atoms with van der Waals surface area (Å²) in [6, 6.07) is 5.56. The molecule has 0 saturated carbocycles. The van der Waals surface area contributed by atoms with Crippen LogP contribution in [0.5, 0.6) is 11.5 Å². The fourth-order valence-corrected chi connectivity index (χ4v) is 2.31. The molecule has 0 saturated heterocycles. The van der Waals surface area contributed by atoms with Crippen molar-refractivity contribution in [3.8, 4) is 11.5 Å². The number of rotatable bonds is 9. The molecule has 1 aromatic carbocycles. The van der Waals surface area contributed by atoms with Gasteiger partial charge < -0.3 is 14.8 Å². The first-order chi connectivity index (χ1) is 12.5. The molecule has 2 rings (SSSR count). The lowest BCUT2D eigenvalue weighted by Crippen LogP contribution is -2.27. The van der Waals surface area contributed by atoms with Crippen molar-refractivity contribution in [2.45, 2.75) is 46.6 Å². The number of ether oxygens (including phenoxy) is 2. The van der Waals surface area contributed by atoms with Crippen LogP contribution in [0, 0.1) is 6.92 Å². The van der Waals surface area contributed by atoms with Gasteiger partial charge in [-0.05, 0) is 44.4 Å². The molecule has 26 heavy (non-hydrogen) atoms. The summed E-state index contributed by atoms with van der Waals surface area (Å²) < 4.78 is 11.6. The molecular formula is C20H27N3O3. The third-order valence-corrected chi connectivity index (χ3v) is 3.75. The first kappa shape index (κ1) is 19.7. The second kappa shape index (κ2) is 9.75. The van der Waals surface area contributed by atoms with Gasteiger partial charge in [0.1, 0.15) is 5.69 Å². The Morgan fingerprint density at radius 3 is 2.38 bits per heavy atom. The van der Waals surface area contributed by atoms with E-state index in [0.29, 0.717) is 24.7 Å². The van der Waals surface area contributed by atoms with E-state index in [1.54, 1.807) is 6.20 Å². The van der Waals surface area contributed by atoms with Crippen LogP contribution < -0.4 is 14.8 Å². The van der Waals surface area contributed by atoms with Crippen LogP contribution >= 0.6 is 0 Å². The number of hydrogen-bond donors (Lipinski definition) is 1. The zero-order valence-corrected chi connectivity index (χ0v) is 15.9. The molecule has 0 radical (unpaired) electrons. The van der Waals surface area contributed by atoms with E-state index in [0.717, 1.165) is 29.8 Å². The van der Waals surface area contributed by atoms with Crippen LogP contribution in [0.2, 0.25) is 0 Å². The van der Waals surface area contributed by atoms with Crippen molar-refractivity contribution in [1.82, 2.24) is 15.3 Å². The fourth-order valence-electron chi connectivity index (χ4n) is 2.31. The summed E-state index contributed by atoms with van der Waals surface area (Å²) in [6.07, 6.45) is 4.90. The summed E-state index contributed by atoms with van der Waals surface area (Å²) in [5, 5.41) is 2.94. The predicted molar refractivity (Wildman–Crippen MR) is 101 cm³/mol. The second-order valence-corrected chi connectivity index (χ2v) is 6.14. The molecule has 1 aromatic heterocycles. The van der Waals surface area contributed by atoms with Gasteiger partial charge in [-0.3, -0.25) is 9.78 Å².